The molecule has 0 aromatic carbocycles. The molecule has 0 unspecified atom stereocenters. The monoisotopic (exact) mass is 330 g/mol. The average Bonchev–Trinajstić information content (AvgIpc) is 3.19. The number of pyridine rings is 1. The highest BCUT2D eigenvalue weighted by molar-refractivity contribution is 7.09. The summed E-state index contributed by atoms with van der Waals surface area (Å²) in [6.45, 7) is 6.36. The number of anilines is 2. The van der Waals surface area contributed by atoms with E-state index in [0.29, 0.717) is 12.3 Å². The van der Waals surface area contributed by atoms with Gasteiger partial charge in [-0.3, -0.25) is 4.79 Å². The van der Waals surface area contributed by atoms with Crippen LogP contribution in [0.2, 0.25) is 0 Å². The van der Waals surface area contributed by atoms with Gasteiger partial charge in [-0.2, -0.15) is 0 Å². The number of hydrogen-bond donors (Lipinski definition) is 1. The van der Waals surface area contributed by atoms with Crippen molar-refractivity contribution in [3.8, 4) is 0 Å². The maximum absolute atomic E-state index is 12.1. The quantitative estimate of drug-likeness (QED) is 0.912. The lowest BCUT2D eigenvalue weighted by Crippen LogP contribution is -2.19. The van der Waals surface area contributed by atoms with Crippen LogP contribution in [-0.2, 0) is 11.2 Å². The molecule has 2 aromatic heterocycles. The highest BCUT2D eigenvalue weighted by atomic mass is 32.1. The van der Waals surface area contributed by atoms with Crippen molar-refractivity contribution in [2.75, 3.05) is 23.3 Å². The zero-order chi connectivity index (χ0) is 16.2. The van der Waals surface area contributed by atoms with Crippen molar-refractivity contribution in [1.29, 1.82) is 0 Å². The summed E-state index contributed by atoms with van der Waals surface area (Å²) >= 11 is 1.61. The van der Waals surface area contributed by atoms with Gasteiger partial charge in [-0.1, -0.05) is 13.8 Å². The lowest BCUT2D eigenvalue weighted by Gasteiger charge is -2.16. The smallest absolute Gasteiger partial charge is 0.230 e. The van der Waals surface area contributed by atoms with E-state index in [9.17, 15) is 4.79 Å². The molecule has 1 fully saturated rings. The normalized spacial score (nSPS) is 14.5. The maximum atomic E-state index is 12.1. The van der Waals surface area contributed by atoms with Gasteiger partial charge in [0.05, 0.1) is 29.0 Å². The second-order valence-corrected chi connectivity index (χ2v) is 7.05. The molecule has 0 spiro atoms. The SMILES string of the molecule is CC(C)c1nc(CC(=O)Nc2ccc(N3CCCC3)nc2)cs1. The Kier molecular flexibility index (Phi) is 4.91. The summed E-state index contributed by atoms with van der Waals surface area (Å²) in [7, 11) is 0. The van der Waals surface area contributed by atoms with E-state index in [1.807, 2.05) is 17.5 Å². The van der Waals surface area contributed by atoms with Gasteiger partial charge in [0.2, 0.25) is 5.91 Å². The number of carbonyl (C=O) groups excluding carboxylic acids is 1. The molecule has 0 aliphatic carbocycles. The number of thiazole rings is 1. The number of nitrogens with one attached hydrogen (secondary N) is 1. The van der Waals surface area contributed by atoms with Crippen LogP contribution in [0.5, 0.6) is 0 Å². The van der Waals surface area contributed by atoms with Crippen LogP contribution in [0.15, 0.2) is 23.7 Å². The summed E-state index contributed by atoms with van der Waals surface area (Å²) in [5.74, 6) is 1.34. The molecule has 1 N–H and O–H groups in total. The highest BCUT2D eigenvalue weighted by Crippen LogP contribution is 2.21. The van der Waals surface area contributed by atoms with Gasteiger partial charge in [0.1, 0.15) is 5.82 Å². The van der Waals surface area contributed by atoms with Gasteiger partial charge in [0.15, 0.2) is 0 Å². The van der Waals surface area contributed by atoms with Crippen LogP contribution >= 0.6 is 11.3 Å². The molecule has 0 bridgehead atoms. The van der Waals surface area contributed by atoms with E-state index in [1.165, 1.54) is 12.8 Å². The van der Waals surface area contributed by atoms with Crippen LogP contribution in [0.25, 0.3) is 0 Å². The molecule has 1 amide bonds. The van der Waals surface area contributed by atoms with Gasteiger partial charge in [0, 0.05) is 24.4 Å². The summed E-state index contributed by atoms with van der Waals surface area (Å²) in [5, 5.41) is 5.93. The highest BCUT2D eigenvalue weighted by Gasteiger charge is 2.14. The van der Waals surface area contributed by atoms with Crippen molar-refractivity contribution >= 4 is 28.7 Å². The molecular formula is C17H22N4OS. The van der Waals surface area contributed by atoms with E-state index in [-0.39, 0.29) is 5.91 Å². The zero-order valence-corrected chi connectivity index (χ0v) is 14.4. The van der Waals surface area contributed by atoms with Crippen LogP contribution < -0.4 is 10.2 Å². The predicted octanol–water partition coefficient (Wildman–Crippen LogP) is 3.44. The largest absolute Gasteiger partial charge is 0.357 e. The fraction of sp³-hybridized carbons (Fsp3) is 0.471. The zero-order valence-electron chi connectivity index (χ0n) is 13.6. The standard InChI is InChI=1S/C17H22N4OS/c1-12(2)17-20-14(11-23-17)9-16(22)19-13-5-6-15(18-10-13)21-7-3-4-8-21/h5-6,10-12H,3-4,7-9H2,1-2H3,(H,19,22). The Morgan fingerprint density at radius 2 is 2.13 bits per heavy atom. The molecule has 3 rings (SSSR count). The molecule has 0 atom stereocenters. The lowest BCUT2D eigenvalue weighted by atomic mass is 10.2. The molecule has 1 aliphatic heterocycles. The van der Waals surface area contributed by atoms with E-state index >= 15 is 0 Å². The fourth-order valence-corrected chi connectivity index (χ4v) is 3.47. The van der Waals surface area contributed by atoms with Crippen molar-refractivity contribution in [2.45, 2.75) is 39.0 Å². The van der Waals surface area contributed by atoms with Crippen LogP contribution in [0, 0.1) is 0 Å². The van der Waals surface area contributed by atoms with E-state index in [4.69, 9.17) is 0 Å². The minimum Gasteiger partial charge on any atom is -0.357 e. The second-order valence-electron chi connectivity index (χ2n) is 6.16. The molecule has 1 saturated heterocycles. The fourth-order valence-electron chi connectivity index (χ4n) is 2.63. The first-order valence-corrected chi connectivity index (χ1v) is 8.95. The van der Waals surface area contributed by atoms with E-state index < -0.39 is 0 Å². The molecule has 6 heteroatoms. The number of nitrogens with zero attached hydrogens (tertiary/aromatic N) is 3. The summed E-state index contributed by atoms with van der Waals surface area (Å²) < 4.78 is 0. The lowest BCUT2D eigenvalue weighted by molar-refractivity contribution is -0.115. The number of amides is 1. The number of aromatic nitrogens is 2. The van der Waals surface area contributed by atoms with Crippen molar-refractivity contribution in [1.82, 2.24) is 9.97 Å². The van der Waals surface area contributed by atoms with Crippen molar-refractivity contribution in [3.05, 3.63) is 34.4 Å². The molecule has 23 heavy (non-hydrogen) atoms. The van der Waals surface area contributed by atoms with Crippen LogP contribution in [-0.4, -0.2) is 29.0 Å². The number of hydrogen-bond acceptors (Lipinski definition) is 5. The Hall–Kier alpha value is -1.95. The molecule has 1 aliphatic rings. The van der Waals surface area contributed by atoms with Gasteiger partial charge in [-0.05, 0) is 25.0 Å². The topological polar surface area (TPSA) is 58.1 Å². The van der Waals surface area contributed by atoms with Gasteiger partial charge in [-0.15, -0.1) is 11.3 Å². The van der Waals surface area contributed by atoms with Crippen LogP contribution in [0.4, 0.5) is 11.5 Å². The summed E-state index contributed by atoms with van der Waals surface area (Å²) in [5.41, 5.74) is 1.56. The van der Waals surface area contributed by atoms with E-state index in [1.54, 1.807) is 17.5 Å². The molecule has 0 radical (unpaired) electrons. The number of carbonyl (C=O) groups is 1. The number of rotatable bonds is 5. The van der Waals surface area contributed by atoms with Gasteiger partial charge in [-0.25, -0.2) is 9.97 Å². The molecule has 5 nitrogen and oxygen atoms in total. The Labute approximate surface area is 140 Å². The van der Waals surface area contributed by atoms with Gasteiger partial charge >= 0.3 is 0 Å². The van der Waals surface area contributed by atoms with Crippen molar-refractivity contribution in [3.63, 3.8) is 0 Å². The van der Waals surface area contributed by atoms with Crippen LogP contribution in [0.1, 0.15) is 43.3 Å². The van der Waals surface area contributed by atoms with Crippen LogP contribution in [0.3, 0.4) is 0 Å². The average molecular weight is 330 g/mol. The van der Waals surface area contributed by atoms with Crippen molar-refractivity contribution < 1.29 is 4.79 Å². The van der Waals surface area contributed by atoms with E-state index in [0.717, 1.165) is 35.3 Å². The molecule has 0 saturated carbocycles. The Bertz CT molecular complexity index is 659. The first-order valence-electron chi connectivity index (χ1n) is 8.07. The maximum Gasteiger partial charge on any atom is 0.230 e. The third-order valence-electron chi connectivity index (χ3n) is 3.87. The summed E-state index contributed by atoms with van der Waals surface area (Å²) in [4.78, 5) is 23.3. The first kappa shape index (κ1) is 15.9. The van der Waals surface area contributed by atoms with Crippen molar-refractivity contribution in [2.24, 2.45) is 0 Å². The molecular weight excluding hydrogens is 308 g/mol. The summed E-state index contributed by atoms with van der Waals surface area (Å²) in [6, 6.07) is 3.89. The van der Waals surface area contributed by atoms with Gasteiger partial charge in [0.25, 0.3) is 0 Å². The summed E-state index contributed by atoms with van der Waals surface area (Å²) in [6.07, 6.45) is 4.49. The second kappa shape index (κ2) is 7.08. The predicted molar refractivity (Wildman–Crippen MR) is 94.2 cm³/mol. The molecule has 3 heterocycles. The van der Waals surface area contributed by atoms with E-state index in [2.05, 4.69) is 34.0 Å². The minimum absolute atomic E-state index is 0.0543. The first-order chi connectivity index (χ1) is 11.1. The van der Waals surface area contributed by atoms with Gasteiger partial charge < -0.3 is 10.2 Å². The Morgan fingerprint density at radius 1 is 1.35 bits per heavy atom. The molecule has 122 valence electrons. The third kappa shape index (κ3) is 4.07. The Morgan fingerprint density at radius 3 is 2.74 bits per heavy atom. The molecule has 2 aromatic rings. The third-order valence-corrected chi connectivity index (χ3v) is 5.06. The Balaban J connectivity index is 1.56. The minimum atomic E-state index is -0.0543.